The van der Waals surface area contributed by atoms with Crippen LogP contribution in [0.1, 0.15) is 15.9 Å². The van der Waals surface area contributed by atoms with Crippen molar-refractivity contribution in [1.82, 2.24) is 0 Å². The third kappa shape index (κ3) is 5.52. The van der Waals surface area contributed by atoms with Crippen LogP contribution in [0.2, 0.25) is 0 Å². The van der Waals surface area contributed by atoms with Gasteiger partial charge in [-0.25, -0.2) is 4.79 Å². The third-order valence-electron chi connectivity index (χ3n) is 4.02. The van der Waals surface area contributed by atoms with Crippen molar-refractivity contribution in [3.63, 3.8) is 0 Å². The maximum atomic E-state index is 12.5. The van der Waals surface area contributed by atoms with E-state index in [1.165, 1.54) is 0 Å². The van der Waals surface area contributed by atoms with Crippen LogP contribution in [0.4, 0.5) is 5.69 Å². The molecule has 29 heavy (non-hydrogen) atoms. The Bertz CT molecular complexity index is 1030. The number of nitrogens with two attached hydrogens (primary N) is 1. The summed E-state index contributed by atoms with van der Waals surface area (Å²) < 4.78 is 6.15. The minimum absolute atomic E-state index is 0.0552. The number of carbonyl (C=O) groups is 2. The van der Waals surface area contributed by atoms with Gasteiger partial charge in [-0.15, -0.1) is 0 Å². The fourth-order valence-corrected chi connectivity index (χ4v) is 2.99. The van der Waals surface area contributed by atoms with Crippen molar-refractivity contribution in [3.8, 4) is 5.75 Å². The van der Waals surface area contributed by atoms with Gasteiger partial charge in [-0.3, -0.25) is 4.79 Å². The fourth-order valence-electron chi connectivity index (χ4n) is 2.59. The summed E-state index contributed by atoms with van der Waals surface area (Å²) in [7, 11) is 0. The molecule has 0 atom stereocenters. The lowest BCUT2D eigenvalue weighted by Crippen LogP contribution is -2.25. The molecule has 0 radical (unpaired) electrons. The van der Waals surface area contributed by atoms with Crippen molar-refractivity contribution in [3.05, 3.63) is 94.5 Å². The van der Waals surface area contributed by atoms with E-state index >= 15 is 0 Å². The summed E-state index contributed by atoms with van der Waals surface area (Å²) in [5.41, 5.74) is 1.93. The largest absolute Gasteiger partial charge is 0.423 e. The van der Waals surface area contributed by atoms with Crippen molar-refractivity contribution in [2.24, 2.45) is 10.9 Å². The Hall–Kier alpha value is -3.45. The van der Waals surface area contributed by atoms with Gasteiger partial charge in [-0.1, -0.05) is 40.2 Å². The predicted octanol–water partition coefficient (Wildman–Crippen LogP) is 4.01. The van der Waals surface area contributed by atoms with Gasteiger partial charge < -0.3 is 15.9 Å². The van der Waals surface area contributed by atoms with Gasteiger partial charge in [0.15, 0.2) is 0 Å². The van der Waals surface area contributed by atoms with Crippen LogP contribution in [0.5, 0.6) is 5.75 Å². The highest BCUT2D eigenvalue weighted by Crippen LogP contribution is 2.17. The van der Waals surface area contributed by atoms with Crippen LogP contribution < -0.4 is 15.9 Å². The molecule has 7 heteroatoms. The van der Waals surface area contributed by atoms with E-state index in [9.17, 15) is 9.59 Å². The van der Waals surface area contributed by atoms with Gasteiger partial charge in [0.1, 0.15) is 11.5 Å². The molecule has 0 heterocycles. The van der Waals surface area contributed by atoms with Crippen molar-refractivity contribution < 1.29 is 14.3 Å². The Balaban J connectivity index is 1.64. The second kappa shape index (κ2) is 9.66. The maximum Gasteiger partial charge on any atom is 0.343 e. The van der Waals surface area contributed by atoms with Crippen LogP contribution in [-0.4, -0.2) is 24.0 Å². The number of halogens is 1. The molecule has 3 aromatic carbocycles. The molecule has 0 aliphatic rings. The van der Waals surface area contributed by atoms with Crippen LogP contribution in [0, 0.1) is 0 Å². The molecule has 0 aromatic heterocycles. The van der Waals surface area contributed by atoms with E-state index in [1.807, 2.05) is 36.4 Å². The third-order valence-corrected chi connectivity index (χ3v) is 4.51. The summed E-state index contributed by atoms with van der Waals surface area (Å²) in [5.74, 6) is 5.05. The maximum absolute atomic E-state index is 12.5. The minimum atomic E-state index is -0.477. The summed E-state index contributed by atoms with van der Waals surface area (Å²) >= 11 is 3.32. The number of nitrogens with zero attached hydrogens (tertiary/aromatic N) is 1. The first-order chi connectivity index (χ1) is 14.1. The highest BCUT2D eigenvalue weighted by molar-refractivity contribution is 9.10. The van der Waals surface area contributed by atoms with Gasteiger partial charge in [0, 0.05) is 15.7 Å². The van der Waals surface area contributed by atoms with Crippen LogP contribution in [0.15, 0.2) is 88.4 Å². The number of hydrogen-bond acceptors (Lipinski definition) is 6. The standard InChI is InChI=1S/C22H18BrN3O3/c23-17-6-4-5-16(13-17)22(28)29-19-11-9-15(10-12-19)21(26-24)20(27)14-25-18-7-2-1-3-8-18/h1-13,25H,14,24H2/b26-21+. The molecule has 0 amide bonds. The van der Waals surface area contributed by atoms with E-state index in [-0.39, 0.29) is 18.0 Å². The number of ketones is 1. The molecular formula is C22H18BrN3O3. The van der Waals surface area contributed by atoms with Gasteiger partial charge in [0.2, 0.25) is 5.78 Å². The molecule has 0 saturated carbocycles. The quantitative estimate of drug-likeness (QED) is 0.186. The van der Waals surface area contributed by atoms with Crippen molar-refractivity contribution in [1.29, 1.82) is 0 Å². The van der Waals surface area contributed by atoms with Gasteiger partial charge >= 0.3 is 5.97 Å². The molecule has 0 aliphatic heterocycles. The van der Waals surface area contributed by atoms with Gasteiger partial charge in [-0.2, -0.15) is 5.10 Å². The van der Waals surface area contributed by atoms with Gasteiger partial charge in [0.25, 0.3) is 0 Å². The zero-order valence-corrected chi connectivity index (χ0v) is 16.9. The normalized spacial score (nSPS) is 11.0. The number of ether oxygens (including phenoxy) is 1. The lowest BCUT2D eigenvalue weighted by atomic mass is 10.1. The average Bonchev–Trinajstić information content (AvgIpc) is 2.74. The number of carbonyl (C=O) groups excluding carboxylic acids is 2. The molecule has 3 rings (SSSR count). The average molecular weight is 452 g/mol. The fraction of sp³-hybridized carbons (Fsp3) is 0.0455. The topological polar surface area (TPSA) is 93.8 Å². The predicted molar refractivity (Wildman–Crippen MR) is 116 cm³/mol. The summed E-state index contributed by atoms with van der Waals surface area (Å²) in [6.45, 7) is 0.0552. The van der Waals surface area contributed by atoms with Crippen molar-refractivity contribution in [2.45, 2.75) is 0 Å². The first-order valence-electron chi connectivity index (χ1n) is 8.75. The Labute approximate surface area is 176 Å². The molecule has 0 unspecified atom stereocenters. The molecule has 0 aliphatic carbocycles. The van der Waals surface area contributed by atoms with Crippen LogP contribution >= 0.6 is 15.9 Å². The smallest absolute Gasteiger partial charge is 0.343 e. The first-order valence-corrected chi connectivity index (χ1v) is 9.54. The monoisotopic (exact) mass is 451 g/mol. The second-order valence-electron chi connectivity index (χ2n) is 6.04. The molecule has 146 valence electrons. The number of hydrogen-bond donors (Lipinski definition) is 2. The second-order valence-corrected chi connectivity index (χ2v) is 6.96. The molecule has 0 saturated heterocycles. The van der Waals surface area contributed by atoms with E-state index in [2.05, 4.69) is 26.3 Å². The lowest BCUT2D eigenvalue weighted by molar-refractivity contribution is -0.111. The Kier molecular flexibility index (Phi) is 6.76. The van der Waals surface area contributed by atoms with Gasteiger partial charge in [-0.05, 0) is 54.6 Å². The number of benzene rings is 3. The molecular weight excluding hydrogens is 434 g/mol. The number of Topliss-reactive ketones (excluding diaryl/α,β-unsaturated/α-hetero) is 1. The number of para-hydroxylation sites is 1. The van der Waals surface area contributed by atoms with Crippen LogP contribution in [0.25, 0.3) is 0 Å². The van der Waals surface area contributed by atoms with E-state index < -0.39 is 5.97 Å². The molecule has 0 fully saturated rings. The highest BCUT2D eigenvalue weighted by Gasteiger charge is 2.15. The Morgan fingerprint density at radius 3 is 2.31 bits per heavy atom. The summed E-state index contributed by atoms with van der Waals surface area (Å²) in [4.78, 5) is 24.7. The van der Waals surface area contributed by atoms with Crippen LogP contribution in [-0.2, 0) is 4.79 Å². The molecule has 3 aromatic rings. The number of nitrogens with one attached hydrogen (secondary N) is 1. The van der Waals surface area contributed by atoms with Crippen LogP contribution in [0.3, 0.4) is 0 Å². The summed E-state index contributed by atoms with van der Waals surface area (Å²) in [5, 5.41) is 6.66. The first kappa shape index (κ1) is 20.3. The molecule has 6 nitrogen and oxygen atoms in total. The van der Waals surface area contributed by atoms with Crippen molar-refractivity contribution >= 4 is 39.1 Å². The lowest BCUT2D eigenvalue weighted by Gasteiger charge is -2.09. The van der Waals surface area contributed by atoms with Gasteiger partial charge in [0.05, 0.1) is 12.1 Å². The number of hydrazone groups is 1. The SMILES string of the molecule is N/N=C(/C(=O)CNc1ccccc1)c1ccc(OC(=O)c2cccc(Br)c2)cc1. The molecule has 0 spiro atoms. The number of esters is 1. The van der Waals surface area contributed by atoms with Crippen molar-refractivity contribution in [2.75, 3.05) is 11.9 Å². The minimum Gasteiger partial charge on any atom is -0.423 e. The number of anilines is 1. The Morgan fingerprint density at radius 2 is 1.66 bits per heavy atom. The van der Waals surface area contributed by atoms with E-state index in [1.54, 1.807) is 42.5 Å². The van der Waals surface area contributed by atoms with E-state index in [4.69, 9.17) is 10.6 Å². The molecule has 0 bridgehead atoms. The zero-order valence-electron chi connectivity index (χ0n) is 15.3. The Morgan fingerprint density at radius 1 is 0.931 bits per heavy atom. The van der Waals surface area contributed by atoms with E-state index in [0.29, 0.717) is 16.9 Å². The summed E-state index contributed by atoms with van der Waals surface area (Å²) in [6.07, 6.45) is 0. The summed E-state index contributed by atoms with van der Waals surface area (Å²) in [6, 6.07) is 22.7. The zero-order chi connectivity index (χ0) is 20.6. The molecule has 3 N–H and O–H groups in total. The van der Waals surface area contributed by atoms with E-state index in [0.717, 1.165) is 10.2 Å². The highest BCUT2D eigenvalue weighted by atomic mass is 79.9. The number of rotatable bonds is 7.